The van der Waals surface area contributed by atoms with Gasteiger partial charge in [-0.1, -0.05) is 5.16 Å². The molecule has 150 valence electrons. The number of hydrogen-bond donors (Lipinski definition) is 0. The van der Waals surface area contributed by atoms with Gasteiger partial charge in [-0.15, -0.1) is 15.3 Å². The Morgan fingerprint density at radius 3 is 2.46 bits per heavy atom. The summed E-state index contributed by atoms with van der Waals surface area (Å²) in [5.41, 5.74) is 0.284. The molecule has 1 aliphatic rings. The van der Waals surface area contributed by atoms with Crippen LogP contribution in [-0.2, 0) is 22.0 Å². The van der Waals surface area contributed by atoms with Crippen molar-refractivity contribution in [1.29, 1.82) is 0 Å². The van der Waals surface area contributed by atoms with E-state index in [9.17, 15) is 21.6 Å². The minimum absolute atomic E-state index is 0.0232. The summed E-state index contributed by atoms with van der Waals surface area (Å²) in [6.07, 6.45) is -3.39. The van der Waals surface area contributed by atoms with Crippen LogP contribution in [0, 0.1) is 0 Å². The number of hydrogen-bond acceptors (Lipinski definition) is 8. The van der Waals surface area contributed by atoms with Crippen LogP contribution in [0.5, 0.6) is 0 Å². The fourth-order valence-electron chi connectivity index (χ4n) is 2.91. The molecule has 28 heavy (non-hydrogen) atoms. The third-order valence-electron chi connectivity index (χ3n) is 4.28. The van der Waals surface area contributed by atoms with Crippen molar-refractivity contribution in [2.24, 2.45) is 0 Å². The van der Waals surface area contributed by atoms with E-state index in [4.69, 9.17) is 0 Å². The molecular formula is C14H14F3N7O3S. The maximum atomic E-state index is 13.0. The van der Waals surface area contributed by atoms with E-state index in [1.165, 1.54) is 28.8 Å². The second-order valence-electron chi connectivity index (χ2n) is 6.12. The fourth-order valence-corrected chi connectivity index (χ4v) is 4.34. The van der Waals surface area contributed by atoms with Gasteiger partial charge in [0.25, 0.3) is 5.82 Å². The molecule has 0 bridgehead atoms. The van der Waals surface area contributed by atoms with E-state index in [0.29, 0.717) is 10.2 Å². The normalized spacial score (nSPS) is 16.8. The lowest BCUT2D eigenvalue weighted by Crippen LogP contribution is -2.49. The minimum Gasteiger partial charge on any atom is -0.364 e. The van der Waals surface area contributed by atoms with Gasteiger partial charge in [-0.3, -0.25) is 0 Å². The zero-order valence-corrected chi connectivity index (χ0v) is 15.1. The van der Waals surface area contributed by atoms with E-state index in [-0.39, 0.29) is 43.4 Å². The molecule has 0 atom stereocenters. The Morgan fingerprint density at radius 2 is 1.82 bits per heavy atom. The van der Waals surface area contributed by atoms with Crippen LogP contribution in [-0.4, -0.2) is 63.9 Å². The molecule has 14 heteroatoms. The summed E-state index contributed by atoms with van der Waals surface area (Å²) in [7, 11) is -3.57. The average molecular weight is 417 g/mol. The van der Waals surface area contributed by atoms with Crippen LogP contribution >= 0.6 is 0 Å². The third kappa shape index (κ3) is 3.52. The highest BCUT2D eigenvalue weighted by Crippen LogP contribution is 2.28. The maximum absolute atomic E-state index is 13.0. The molecule has 0 amide bonds. The Hall–Kier alpha value is -2.74. The van der Waals surface area contributed by atoms with E-state index in [2.05, 4.69) is 25.0 Å². The van der Waals surface area contributed by atoms with Gasteiger partial charge in [0.15, 0.2) is 5.65 Å². The zero-order valence-electron chi connectivity index (χ0n) is 14.2. The summed E-state index contributed by atoms with van der Waals surface area (Å²) in [6, 6.07) is 4.40. The van der Waals surface area contributed by atoms with Crippen molar-refractivity contribution in [1.82, 2.24) is 29.3 Å². The van der Waals surface area contributed by atoms with E-state index < -0.39 is 22.0 Å². The molecule has 3 aromatic heterocycles. The summed E-state index contributed by atoms with van der Waals surface area (Å²) in [6.45, 7) is 0.905. The molecule has 10 nitrogen and oxygen atoms in total. The standard InChI is InChI=1S/C14H14F3N7O3S/c15-14(16,17)13-19-18-11-1-2-12(20-24(11)13)22-4-6-23(7-5-22)28(25,26)9-10-3-8-27-21-10/h1-3,8H,4-7,9H2. The number of fused-ring (bicyclic) bond motifs is 1. The maximum Gasteiger partial charge on any atom is 0.453 e. The van der Waals surface area contributed by atoms with Gasteiger partial charge >= 0.3 is 6.18 Å². The quantitative estimate of drug-likeness (QED) is 0.613. The van der Waals surface area contributed by atoms with Crippen molar-refractivity contribution < 1.29 is 26.1 Å². The first-order valence-electron chi connectivity index (χ1n) is 8.16. The number of halogens is 3. The van der Waals surface area contributed by atoms with Crippen molar-refractivity contribution in [3.05, 3.63) is 36.0 Å². The molecule has 0 N–H and O–H groups in total. The Kier molecular flexibility index (Phi) is 4.45. The average Bonchev–Trinajstić information content (AvgIpc) is 3.29. The number of aromatic nitrogens is 5. The summed E-state index contributed by atoms with van der Waals surface area (Å²) in [5, 5.41) is 14.2. The monoisotopic (exact) mass is 417 g/mol. The summed E-state index contributed by atoms with van der Waals surface area (Å²) < 4.78 is 70.5. The van der Waals surface area contributed by atoms with Crippen molar-refractivity contribution in [3.8, 4) is 0 Å². The number of sulfonamides is 1. The van der Waals surface area contributed by atoms with Crippen molar-refractivity contribution in [3.63, 3.8) is 0 Å². The first-order chi connectivity index (χ1) is 13.2. The third-order valence-corrected chi connectivity index (χ3v) is 6.09. The number of anilines is 1. The highest BCUT2D eigenvalue weighted by molar-refractivity contribution is 7.88. The Balaban J connectivity index is 1.49. The topological polar surface area (TPSA) is 110 Å². The van der Waals surface area contributed by atoms with Crippen LogP contribution in [0.25, 0.3) is 5.65 Å². The molecule has 0 unspecified atom stereocenters. The molecule has 0 aromatic carbocycles. The summed E-state index contributed by atoms with van der Waals surface area (Å²) in [5.74, 6) is -1.20. The number of piperazine rings is 1. The van der Waals surface area contributed by atoms with Crippen LogP contribution in [0.3, 0.4) is 0 Å². The van der Waals surface area contributed by atoms with Gasteiger partial charge in [-0.05, 0) is 12.1 Å². The molecule has 0 spiro atoms. The molecule has 1 saturated heterocycles. The van der Waals surface area contributed by atoms with E-state index in [1.807, 2.05) is 0 Å². The number of nitrogens with zero attached hydrogens (tertiary/aromatic N) is 7. The highest BCUT2D eigenvalue weighted by atomic mass is 32.2. The highest BCUT2D eigenvalue weighted by Gasteiger charge is 2.38. The Bertz CT molecular complexity index is 1070. The van der Waals surface area contributed by atoms with E-state index in [1.54, 1.807) is 4.90 Å². The lowest BCUT2D eigenvalue weighted by atomic mass is 10.3. The molecule has 4 heterocycles. The molecule has 0 aliphatic carbocycles. The van der Waals surface area contributed by atoms with Gasteiger partial charge in [0, 0.05) is 32.2 Å². The van der Waals surface area contributed by atoms with Crippen LogP contribution < -0.4 is 4.90 Å². The Labute approximate surface area is 156 Å². The molecule has 0 saturated carbocycles. The van der Waals surface area contributed by atoms with Crippen LogP contribution in [0.2, 0.25) is 0 Å². The predicted octanol–water partition coefficient (Wildman–Crippen LogP) is 0.783. The van der Waals surface area contributed by atoms with Crippen molar-refractivity contribution in [2.45, 2.75) is 11.9 Å². The fraction of sp³-hybridized carbons (Fsp3) is 0.429. The second kappa shape index (κ2) is 6.70. The van der Waals surface area contributed by atoms with E-state index in [0.717, 1.165) is 0 Å². The smallest absolute Gasteiger partial charge is 0.364 e. The van der Waals surface area contributed by atoms with Crippen LogP contribution in [0.1, 0.15) is 11.5 Å². The second-order valence-corrected chi connectivity index (χ2v) is 8.08. The molecule has 0 radical (unpaired) electrons. The van der Waals surface area contributed by atoms with Crippen molar-refractivity contribution >= 4 is 21.5 Å². The minimum atomic E-state index is -4.68. The molecule has 1 aliphatic heterocycles. The molecule has 1 fully saturated rings. The van der Waals surface area contributed by atoms with Crippen LogP contribution in [0.15, 0.2) is 29.0 Å². The van der Waals surface area contributed by atoms with Gasteiger partial charge in [-0.2, -0.15) is 22.0 Å². The lowest BCUT2D eigenvalue weighted by Gasteiger charge is -2.34. The largest absolute Gasteiger partial charge is 0.453 e. The Morgan fingerprint density at radius 1 is 1.07 bits per heavy atom. The molecule has 4 rings (SSSR count). The first kappa shape index (κ1) is 18.6. The van der Waals surface area contributed by atoms with E-state index >= 15 is 0 Å². The summed E-state index contributed by atoms with van der Waals surface area (Å²) >= 11 is 0. The number of rotatable bonds is 4. The molecule has 3 aromatic rings. The zero-order chi connectivity index (χ0) is 19.9. The van der Waals surface area contributed by atoms with Gasteiger partial charge in [0.05, 0.1) is 5.69 Å². The van der Waals surface area contributed by atoms with Gasteiger partial charge in [-0.25, -0.2) is 8.42 Å². The van der Waals surface area contributed by atoms with Gasteiger partial charge < -0.3 is 9.42 Å². The van der Waals surface area contributed by atoms with Gasteiger partial charge in [0.2, 0.25) is 10.0 Å². The first-order valence-corrected chi connectivity index (χ1v) is 9.77. The number of alkyl halides is 3. The SMILES string of the molecule is O=S(=O)(Cc1ccon1)N1CCN(c2ccc3nnc(C(F)(F)F)n3n2)CC1. The van der Waals surface area contributed by atoms with Crippen molar-refractivity contribution in [2.75, 3.05) is 31.1 Å². The molecular weight excluding hydrogens is 403 g/mol. The van der Waals surface area contributed by atoms with Gasteiger partial charge in [0.1, 0.15) is 17.8 Å². The summed E-state index contributed by atoms with van der Waals surface area (Å²) in [4.78, 5) is 1.71. The predicted molar refractivity (Wildman–Crippen MR) is 88.7 cm³/mol. The van der Waals surface area contributed by atoms with Crippen LogP contribution in [0.4, 0.5) is 19.0 Å². The lowest BCUT2D eigenvalue weighted by molar-refractivity contribution is -0.146.